The van der Waals surface area contributed by atoms with Gasteiger partial charge in [0.05, 0.1) is 12.2 Å². The predicted octanol–water partition coefficient (Wildman–Crippen LogP) is 0.522. The molecule has 0 aliphatic rings. The normalized spacial score (nSPS) is 11.2. The third-order valence-corrected chi connectivity index (χ3v) is 3.00. The molecular weight excluding hydrogens is 262 g/mol. The zero-order valence-corrected chi connectivity index (χ0v) is 10.7. The van der Waals surface area contributed by atoms with Crippen molar-refractivity contribution in [2.75, 3.05) is 12.3 Å². The van der Waals surface area contributed by atoms with Crippen LogP contribution < -0.4 is 5.32 Å². The Kier molecular flexibility index (Phi) is 4.98. The molecule has 1 aromatic rings. The maximum Gasteiger partial charge on any atom is 0.266 e. The van der Waals surface area contributed by atoms with Gasteiger partial charge in [-0.15, -0.1) is 12.6 Å². The van der Waals surface area contributed by atoms with E-state index in [2.05, 4.69) is 17.9 Å². The summed E-state index contributed by atoms with van der Waals surface area (Å²) in [7, 11) is -4.02. The van der Waals surface area contributed by atoms with E-state index in [1.54, 1.807) is 24.3 Å². The molecule has 0 saturated carbocycles. The van der Waals surface area contributed by atoms with Crippen LogP contribution in [-0.2, 0) is 21.3 Å². The fraction of sp³-hybridized carbons (Fsp3) is 0.300. The molecule has 1 amide bonds. The number of thiol groups is 1. The lowest BCUT2D eigenvalue weighted by atomic mass is 10.1. The Morgan fingerprint density at radius 3 is 2.41 bits per heavy atom. The lowest BCUT2D eigenvalue weighted by Gasteiger charge is -2.04. The number of benzene rings is 1. The van der Waals surface area contributed by atoms with Crippen LogP contribution in [0.5, 0.6) is 0 Å². The van der Waals surface area contributed by atoms with E-state index >= 15 is 0 Å². The van der Waals surface area contributed by atoms with Gasteiger partial charge in [-0.05, 0) is 17.7 Å². The molecule has 94 valence electrons. The van der Waals surface area contributed by atoms with E-state index in [0.717, 1.165) is 10.5 Å². The van der Waals surface area contributed by atoms with Crippen LogP contribution >= 0.6 is 12.6 Å². The summed E-state index contributed by atoms with van der Waals surface area (Å²) >= 11 is 4.12. The van der Waals surface area contributed by atoms with Crippen molar-refractivity contribution in [2.24, 2.45) is 0 Å². The number of amides is 1. The van der Waals surface area contributed by atoms with Gasteiger partial charge in [0, 0.05) is 11.4 Å². The molecule has 0 aromatic heterocycles. The van der Waals surface area contributed by atoms with Gasteiger partial charge in [0.15, 0.2) is 0 Å². The third-order valence-electron chi connectivity index (χ3n) is 1.98. The van der Waals surface area contributed by atoms with Gasteiger partial charge >= 0.3 is 0 Å². The largest absolute Gasteiger partial charge is 0.355 e. The summed E-state index contributed by atoms with van der Waals surface area (Å²) in [6.45, 7) is -0.0949. The van der Waals surface area contributed by atoms with E-state index in [-0.39, 0.29) is 18.9 Å². The monoisotopic (exact) mass is 275 g/mol. The van der Waals surface area contributed by atoms with Gasteiger partial charge < -0.3 is 5.32 Å². The molecule has 1 aromatic carbocycles. The highest BCUT2D eigenvalue weighted by Crippen LogP contribution is 2.07. The van der Waals surface area contributed by atoms with Crippen LogP contribution in [-0.4, -0.2) is 31.2 Å². The van der Waals surface area contributed by atoms with Crippen molar-refractivity contribution < 1.29 is 17.8 Å². The quantitative estimate of drug-likeness (QED) is 0.540. The average Bonchev–Trinajstić information content (AvgIpc) is 2.19. The van der Waals surface area contributed by atoms with Gasteiger partial charge in [-0.3, -0.25) is 9.35 Å². The molecule has 0 spiro atoms. The molecule has 0 aliphatic carbocycles. The molecule has 0 radical (unpaired) electrons. The van der Waals surface area contributed by atoms with E-state index < -0.39 is 15.9 Å². The zero-order valence-electron chi connectivity index (χ0n) is 8.96. The van der Waals surface area contributed by atoms with Gasteiger partial charge in [0.25, 0.3) is 10.1 Å². The van der Waals surface area contributed by atoms with E-state index in [9.17, 15) is 13.2 Å². The molecule has 0 aliphatic heterocycles. The van der Waals surface area contributed by atoms with Crippen LogP contribution in [0, 0.1) is 0 Å². The van der Waals surface area contributed by atoms with E-state index in [1.807, 2.05) is 0 Å². The van der Waals surface area contributed by atoms with Crippen molar-refractivity contribution in [3.8, 4) is 0 Å². The van der Waals surface area contributed by atoms with Crippen LogP contribution in [0.2, 0.25) is 0 Å². The van der Waals surface area contributed by atoms with Crippen LogP contribution in [0.25, 0.3) is 0 Å². The Hall–Kier alpha value is -1.05. The van der Waals surface area contributed by atoms with Gasteiger partial charge in [-0.2, -0.15) is 8.42 Å². The SMILES string of the molecule is O=C(Cc1ccc(S)cc1)NCCS(=O)(=O)O. The summed E-state index contributed by atoms with van der Waals surface area (Å²) in [5.74, 6) is -0.769. The first-order valence-corrected chi connectivity index (χ1v) is 6.92. The Morgan fingerprint density at radius 2 is 1.88 bits per heavy atom. The smallest absolute Gasteiger partial charge is 0.266 e. The molecular formula is C10H13NO4S2. The fourth-order valence-corrected chi connectivity index (χ4v) is 1.69. The summed E-state index contributed by atoms with van der Waals surface area (Å²) in [6, 6.07) is 7.07. The Labute approximate surface area is 105 Å². The molecule has 0 atom stereocenters. The highest BCUT2D eigenvalue weighted by molar-refractivity contribution is 7.85. The standard InChI is InChI=1S/C10H13NO4S2/c12-10(11-5-6-17(13,14)15)7-8-1-3-9(16)4-2-8/h1-4,16H,5-7H2,(H,11,12)(H,13,14,15). The number of rotatable bonds is 5. The van der Waals surface area contributed by atoms with Crippen molar-refractivity contribution in [3.05, 3.63) is 29.8 Å². The first-order chi connectivity index (χ1) is 7.87. The zero-order chi connectivity index (χ0) is 12.9. The first kappa shape index (κ1) is 14.0. The molecule has 0 fully saturated rings. The van der Waals surface area contributed by atoms with E-state index in [4.69, 9.17) is 4.55 Å². The number of carbonyl (C=O) groups excluding carboxylic acids is 1. The maximum atomic E-state index is 11.4. The lowest BCUT2D eigenvalue weighted by molar-refractivity contribution is -0.120. The average molecular weight is 275 g/mol. The second-order valence-corrected chi connectivity index (χ2v) is 5.57. The number of hydrogen-bond acceptors (Lipinski definition) is 4. The number of nitrogens with one attached hydrogen (secondary N) is 1. The molecule has 1 rings (SSSR count). The molecule has 17 heavy (non-hydrogen) atoms. The van der Waals surface area contributed by atoms with Gasteiger partial charge in [-0.25, -0.2) is 0 Å². The minimum absolute atomic E-state index is 0.0949. The molecule has 2 N–H and O–H groups in total. The summed E-state index contributed by atoms with van der Waals surface area (Å²) < 4.78 is 29.3. The molecule has 0 bridgehead atoms. The fourth-order valence-electron chi connectivity index (χ4n) is 1.18. The van der Waals surface area contributed by atoms with Gasteiger partial charge in [0.2, 0.25) is 5.91 Å². The molecule has 0 saturated heterocycles. The van der Waals surface area contributed by atoms with Crippen LogP contribution in [0.3, 0.4) is 0 Å². The van der Waals surface area contributed by atoms with Crippen molar-refractivity contribution in [3.63, 3.8) is 0 Å². The molecule has 5 nitrogen and oxygen atoms in total. The summed E-state index contributed by atoms with van der Waals surface area (Å²) in [4.78, 5) is 12.2. The Bertz CT molecular complexity index is 482. The molecule has 0 unspecified atom stereocenters. The van der Waals surface area contributed by atoms with Crippen molar-refractivity contribution in [1.29, 1.82) is 0 Å². The lowest BCUT2D eigenvalue weighted by Crippen LogP contribution is -2.30. The Balaban J connectivity index is 2.37. The second-order valence-electron chi connectivity index (χ2n) is 3.48. The van der Waals surface area contributed by atoms with Crippen LogP contribution in [0.15, 0.2) is 29.2 Å². The summed E-state index contributed by atoms with van der Waals surface area (Å²) in [5.41, 5.74) is 0.812. The molecule has 0 heterocycles. The maximum absolute atomic E-state index is 11.4. The second kappa shape index (κ2) is 6.04. The number of hydrogen-bond donors (Lipinski definition) is 3. The predicted molar refractivity (Wildman–Crippen MR) is 66.8 cm³/mol. The highest BCUT2D eigenvalue weighted by atomic mass is 32.2. The summed E-state index contributed by atoms with van der Waals surface area (Å²) in [5, 5.41) is 2.41. The van der Waals surface area contributed by atoms with Crippen molar-refractivity contribution >= 4 is 28.7 Å². The topological polar surface area (TPSA) is 83.5 Å². The minimum Gasteiger partial charge on any atom is -0.355 e. The minimum atomic E-state index is -4.02. The van der Waals surface area contributed by atoms with Crippen LogP contribution in [0.1, 0.15) is 5.56 Å². The van der Waals surface area contributed by atoms with Gasteiger partial charge in [-0.1, -0.05) is 12.1 Å². The molecule has 7 heteroatoms. The third kappa shape index (κ3) is 6.30. The van der Waals surface area contributed by atoms with E-state index in [0.29, 0.717) is 0 Å². The summed E-state index contributed by atoms with van der Waals surface area (Å²) in [6.07, 6.45) is 0.166. The first-order valence-electron chi connectivity index (χ1n) is 4.86. The van der Waals surface area contributed by atoms with Gasteiger partial charge in [0.1, 0.15) is 0 Å². The highest BCUT2D eigenvalue weighted by Gasteiger charge is 2.06. The number of carbonyl (C=O) groups is 1. The van der Waals surface area contributed by atoms with Crippen molar-refractivity contribution in [1.82, 2.24) is 5.32 Å². The van der Waals surface area contributed by atoms with E-state index in [1.165, 1.54) is 0 Å². The van der Waals surface area contributed by atoms with Crippen molar-refractivity contribution in [2.45, 2.75) is 11.3 Å². The van der Waals surface area contributed by atoms with Crippen LogP contribution in [0.4, 0.5) is 0 Å². The Morgan fingerprint density at radius 1 is 1.29 bits per heavy atom.